The lowest BCUT2D eigenvalue weighted by atomic mass is 9.97. The molecule has 30 heavy (non-hydrogen) atoms. The van der Waals surface area contributed by atoms with E-state index in [2.05, 4.69) is 20.1 Å². The van der Waals surface area contributed by atoms with E-state index in [1.54, 1.807) is 19.2 Å². The molecule has 0 bridgehead atoms. The maximum Gasteiger partial charge on any atom is 0.289 e. The molecule has 168 valence electrons. The molecule has 1 aromatic heterocycles. The Hall–Kier alpha value is -1.82. The summed E-state index contributed by atoms with van der Waals surface area (Å²) in [6, 6.07) is 3.43. The van der Waals surface area contributed by atoms with Gasteiger partial charge in [-0.1, -0.05) is 0 Å². The summed E-state index contributed by atoms with van der Waals surface area (Å²) in [7, 11) is 1.78. The highest BCUT2D eigenvalue weighted by Crippen LogP contribution is 2.16. The Morgan fingerprint density at radius 3 is 2.60 bits per heavy atom. The molecule has 2 saturated heterocycles. The van der Waals surface area contributed by atoms with Crippen LogP contribution in [0.15, 0.2) is 27.8 Å². The molecule has 0 aliphatic carbocycles. The highest BCUT2D eigenvalue weighted by atomic mass is 127. The fraction of sp³-hybridized carbons (Fsp3) is 0.650. The summed E-state index contributed by atoms with van der Waals surface area (Å²) < 4.78 is 5.21. The van der Waals surface area contributed by atoms with E-state index in [1.807, 2.05) is 4.90 Å². The molecule has 3 heterocycles. The lowest BCUT2D eigenvalue weighted by Gasteiger charge is -2.36. The van der Waals surface area contributed by atoms with Gasteiger partial charge in [0, 0.05) is 46.3 Å². The van der Waals surface area contributed by atoms with Gasteiger partial charge in [-0.3, -0.25) is 14.6 Å². The lowest BCUT2D eigenvalue weighted by molar-refractivity contribution is -0.123. The van der Waals surface area contributed by atoms with E-state index in [0.717, 1.165) is 64.5 Å². The van der Waals surface area contributed by atoms with E-state index in [-0.39, 0.29) is 41.7 Å². The van der Waals surface area contributed by atoms with Crippen molar-refractivity contribution in [3.05, 3.63) is 24.2 Å². The van der Waals surface area contributed by atoms with Crippen molar-refractivity contribution in [3.8, 4) is 0 Å². The summed E-state index contributed by atoms with van der Waals surface area (Å²) in [5.74, 6) is 0.997. The van der Waals surface area contributed by atoms with Crippen LogP contribution in [0, 0.1) is 5.92 Å². The number of piperazine rings is 1. The van der Waals surface area contributed by atoms with Gasteiger partial charge in [0.2, 0.25) is 5.91 Å². The molecule has 0 aromatic carbocycles. The molecule has 9 nitrogen and oxygen atoms in total. The van der Waals surface area contributed by atoms with E-state index in [9.17, 15) is 9.59 Å². The molecule has 10 heteroatoms. The van der Waals surface area contributed by atoms with Crippen molar-refractivity contribution in [2.45, 2.75) is 19.3 Å². The minimum absolute atomic E-state index is 0. The lowest BCUT2D eigenvalue weighted by Crippen LogP contribution is -2.54. The summed E-state index contributed by atoms with van der Waals surface area (Å²) in [6.07, 6.45) is 4.43. The van der Waals surface area contributed by atoms with Gasteiger partial charge in [-0.15, -0.1) is 24.0 Å². The third-order valence-electron chi connectivity index (χ3n) is 5.65. The van der Waals surface area contributed by atoms with Crippen LogP contribution in [-0.2, 0) is 4.79 Å². The molecule has 2 fully saturated rings. The van der Waals surface area contributed by atoms with Crippen LogP contribution in [0.4, 0.5) is 0 Å². The van der Waals surface area contributed by atoms with Crippen LogP contribution in [0.5, 0.6) is 0 Å². The third-order valence-corrected chi connectivity index (χ3v) is 5.65. The van der Waals surface area contributed by atoms with Gasteiger partial charge in [-0.25, -0.2) is 0 Å². The number of nitrogens with two attached hydrogens (primary N) is 1. The second-order valence-electron chi connectivity index (χ2n) is 7.63. The fourth-order valence-electron chi connectivity index (χ4n) is 4.00. The van der Waals surface area contributed by atoms with Crippen LogP contribution in [0.1, 0.15) is 29.8 Å². The monoisotopic (exact) mass is 532 g/mol. The maximum atomic E-state index is 12.4. The summed E-state index contributed by atoms with van der Waals surface area (Å²) >= 11 is 0. The number of rotatable bonds is 6. The van der Waals surface area contributed by atoms with Crippen molar-refractivity contribution < 1.29 is 14.0 Å². The van der Waals surface area contributed by atoms with Gasteiger partial charge in [0.05, 0.1) is 12.2 Å². The van der Waals surface area contributed by atoms with Gasteiger partial charge in [-0.2, -0.15) is 0 Å². The number of carbonyl (C=O) groups is 2. The average molecular weight is 532 g/mol. The fourth-order valence-corrected chi connectivity index (χ4v) is 4.00. The molecule has 1 aromatic rings. The standard InChI is InChI=1S/C20H32N6O3.HI/c1-22-20(23-7-4-9-24-8-2-5-16(15-24)18(21)27)26-12-10-25(11-13-26)19(28)17-6-3-14-29-17;/h3,6,14,16H,2,4-5,7-13,15H2,1H3,(H2,21,27)(H,22,23);1H. The summed E-state index contributed by atoms with van der Waals surface area (Å²) in [6.45, 7) is 6.32. The molecule has 3 N–H and O–H groups in total. The summed E-state index contributed by atoms with van der Waals surface area (Å²) in [5, 5.41) is 3.42. The van der Waals surface area contributed by atoms with E-state index in [1.165, 1.54) is 6.26 Å². The minimum atomic E-state index is -0.183. The Morgan fingerprint density at radius 2 is 1.97 bits per heavy atom. The number of aliphatic imine (C=N–C) groups is 1. The molecule has 3 rings (SSSR count). The van der Waals surface area contributed by atoms with Crippen LogP contribution in [0.3, 0.4) is 0 Å². The Labute approximate surface area is 195 Å². The van der Waals surface area contributed by atoms with Crippen LogP contribution >= 0.6 is 24.0 Å². The first-order valence-corrected chi connectivity index (χ1v) is 10.4. The number of furan rings is 1. The highest BCUT2D eigenvalue weighted by molar-refractivity contribution is 14.0. The van der Waals surface area contributed by atoms with Gasteiger partial charge < -0.3 is 30.2 Å². The highest BCUT2D eigenvalue weighted by Gasteiger charge is 2.25. The number of primary amides is 1. The number of hydrogen-bond donors (Lipinski definition) is 2. The molecule has 0 spiro atoms. The average Bonchev–Trinajstić information content (AvgIpc) is 3.29. The third kappa shape index (κ3) is 6.59. The zero-order valence-electron chi connectivity index (χ0n) is 17.6. The quantitative estimate of drug-likeness (QED) is 0.243. The van der Waals surface area contributed by atoms with Crippen LogP contribution in [0.2, 0.25) is 0 Å². The SMILES string of the molecule is CN=C(NCCCN1CCCC(C(N)=O)C1)N1CCN(C(=O)c2ccco2)CC1.I. The van der Waals surface area contributed by atoms with Crippen molar-refractivity contribution in [1.29, 1.82) is 0 Å². The first-order chi connectivity index (χ1) is 14.1. The minimum Gasteiger partial charge on any atom is -0.459 e. The number of carbonyl (C=O) groups excluding carboxylic acids is 2. The first kappa shape index (κ1) is 24.4. The van der Waals surface area contributed by atoms with Gasteiger partial charge in [-0.05, 0) is 44.5 Å². The van der Waals surface area contributed by atoms with Crippen LogP contribution < -0.4 is 11.1 Å². The Bertz CT molecular complexity index is 703. The number of piperidine rings is 1. The topological polar surface area (TPSA) is 107 Å². The van der Waals surface area contributed by atoms with Crippen molar-refractivity contribution in [2.24, 2.45) is 16.6 Å². The van der Waals surface area contributed by atoms with E-state index >= 15 is 0 Å². The second kappa shape index (κ2) is 12.1. The number of hydrogen-bond acceptors (Lipinski definition) is 5. The molecule has 2 aliphatic rings. The van der Waals surface area contributed by atoms with Crippen LogP contribution in [-0.4, -0.2) is 91.9 Å². The van der Waals surface area contributed by atoms with Gasteiger partial charge >= 0.3 is 0 Å². The Balaban J connectivity index is 0.00000320. The van der Waals surface area contributed by atoms with Gasteiger partial charge in [0.25, 0.3) is 5.91 Å². The van der Waals surface area contributed by atoms with Gasteiger partial charge in [0.1, 0.15) is 0 Å². The second-order valence-corrected chi connectivity index (χ2v) is 7.63. The zero-order chi connectivity index (χ0) is 20.6. The number of nitrogens with one attached hydrogen (secondary N) is 1. The molecular formula is C20H33IN6O3. The molecule has 0 radical (unpaired) electrons. The van der Waals surface area contributed by atoms with E-state index < -0.39 is 0 Å². The number of halogens is 1. The molecular weight excluding hydrogens is 499 g/mol. The Kier molecular flexibility index (Phi) is 9.89. The van der Waals surface area contributed by atoms with Crippen molar-refractivity contribution in [3.63, 3.8) is 0 Å². The maximum absolute atomic E-state index is 12.4. The molecule has 0 saturated carbocycles. The number of nitrogens with zero attached hydrogens (tertiary/aromatic N) is 4. The predicted molar refractivity (Wildman–Crippen MR) is 126 cm³/mol. The van der Waals surface area contributed by atoms with E-state index in [4.69, 9.17) is 10.2 Å². The van der Waals surface area contributed by atoms with Gasteiger partial charge in [0.15, 0.2) is 11.7 Å². The Morgan fingerprint density at radius 1 is 1.23 bits per heavy atom. The predicted octanol–water partition coefficient (Wildman–Crippen LogP) is 0.818. The normalized spacial score (nSPS) is 20.6. The summed E-state index contributed by atoms with van der Waals surface area (Å²) in [5.41, 5.74) is 5.45. The largest absolute Gasteiger partial charge is 0.459 e. The van der Waals surface area contributed by atoms with Crippen LogP contribution in [0.25, 0.3) is 0 Å². The zero-order valence-corrected chi connectivity index (χ0v) is 19.9. The molecule has 1 atom stereocenters. The van der Waals surface area contributed by atoms with Crippen molar-refractivity contribution in [1.82, 2.24) is 20.0 Å². The number of guanidine groups is 1. The van der Waals surface area contributed by atoms with Crippen molar-refractivity contribution >= 4 is 41.8 Å². The number of amides is 2. The molecule has 1 unspecified atom stereocenters. The number of likely N-dealkylation sites (tertiary alicyclic amines) is 1. The first-order valence-electron chi connectivity index (χ1n) is 10.4. The molecule has 2 amide bonds. The van der Waals surface area contributed by atoms with E-state index in [0.29, 0.717) is 18.8 Å². The van der Waals surface area contributed by atoms with Crippen molar-refractivity contribution in [2.75, 3.05) is 59.4 Å². The summed E-state index contributed by atoms with van der Waals surface area (Å²) in [4.78, 5) is 34.5. The smallest absolute Gasteiger partial charge is 0.289 e. The molecule has 2 aliphatic heterocycles.